The Hall–Kier alpha value is -6.90. The molecule has 4 aliphatic carbocycles. The Morgan fingerprint density at radius 1 is 0.719 bits per heavy atom. The van der Waals surface area contributed by atoms with E-state index in [0.29, 0.717) is 17.8 Å². The molecule has 0 radical (unpaired) electrons. The van der Waals surface area contributed by atoms with Gasteiger partial charge in [0.1, 0.15) is 0 Å². The van der Waals surface area contributed by atoms with Crippen LogP contribution in [0.2, 0.25) is 0 Å². The quantitative estimate of drug-likeness (QED) is 0.100. The normalized spacial score (nSPS) is 22.3. The van der Waals surface area contributed by atoms with Gasteiger partial charge in [0.25, 0.3) is 0 Å². The smallest absolute Gasteiger partial charge is 0.0711 e. The van der Waals surface area contributed by atoms with Crippen LogP contribution in [-0.2, 0) is 0 Å². The van der Waals surface area contributed by atoms with Gasteiger partial charge < -0.3 is 0 Å². The van der Waals surface area contributed by atoms with E-state index in [-0.39, 0.29) is 5.92 Å². The lowest BCUT2D eigenvalue weighted by Crippen LogP contribution is -2.16. The second kappa shape index (κ2) is 19.7. The second-order valence-corrected chi connectivity index (χ2v) is 17.7. The van der Waals surface area contributed by atoms with Crippen LogP contribution in [0.15, 0.2) is 250 Å². The zero-order valence-electron chi connectivity index (χ0n) is 37.3. The van der Waals surface area contributed by atoms with Gasteiger partial charge in [0.2, 0.25) is 0 Å². The van der Waals surface area contributed by atoms with Gasteiger partial charge in [-0.25, -0.2) is 0 Å². The zero-order valence-corrected chi connectivity index (χ0v) is 37.3. The minimum atomic E-state index is 0.265. The number of hydrogen-bond acceptors (Lipinski definition) is 2. The Morgan fingerprint density at radius 2 is 1.42 bits per heavy atom. The SMILES string of the molecule is C=C/C=C(/C(=C)/C=C(\N=C(/C)c1ccc(C2=C(C3C=C(C4C=CC5=C(C4)C(C)CC=C5)C=CC3)N=CCC2)cc1)c1ccc(-c2ccccc2)cc1)C1=CCC(c2ccccc2)C=C1. The molecular weight excluding hydrogens is 773 g/mol. The summed E-state index contributed by atoms with van der Waals surface area (Å²) in [6.07, 6.45) is 37.8. The Balaban J connectivity index is 0.993. The first-order valence-corrected chi connectivity index (χ1v) is 23.1. The molecule has 0 aromatic heterocycles. The lowest BCUT2D eigenvalue weighted by atomic mass is 9.75. The second-order valence-electron chi connectivity index (χ2n) is 17.7. The van der Waals surface area contributed by atoms with Crippen molar-refractivity contribution in [2.45, 2.75) is 58.3 Å². The number of aliphatic imine (C=N–C) groups is 2. The summed E-state index contributed by atoms with van der Waals surface area (Å²) in [7, 11) is 0. The van der Waals surface area contributed by atoms with Crippen molar-refractivity contribution in [2.75, 3.05) is 0 Å². The highest BCUT2D eigenvalue weighted by Crippen LogP contribution is 2.42. The summed E-state index contributed by atoms with van der Waals surface area (Å²) >= 11 is 0. The van der Waals surface area contributed by atoms with Crippen LogP contribution >= 0.6 is 0 Å². The minimum absolute atomic E-state index is 0.265. The third kappa shape index (κ3) is 9.53. The Morgan fingerprint density at radius 3 is 2.17 bits per heavy atom. The minimum Gasteiger partial charge on any atom is -0.265 e. The van der Waals surface area contributed by atoms with Crippen molar-refractivity contribution in [2.24, 2.45) is 27.7 Å². The van der Waals surface area contributed by atoms with E-state index in [1.807, 2.05) is 6.08 Å². The van der Waals surface area contributed by atoms with Gasteiger partial charge in [-0.1, -0.05) is 208 Å². The maximum absolute atomic E-state index is 5.37. The van der Waals surface area contributed by atoms with Gasteiger partial charge in [0.15, 0.2) is 0 Å². The van der Waals surface area contributed by atoms with Gasteiger partial charge in [0, 0.05) is 35.2 Å². The van der Waals surface area contributed by atoms with Crippen molar-refractivity contribution in [3.8, 4) is 11.1 Å². The molecule has 0 saturated heterocycles. The summed E-state index contributed by atoms with van der Waals surface area (Å²) < 4.78 is 0. The molecule has 2 heteroatoms. The summed E-state index contributed by atoms with van der Waals surface area (Å²) in [4.78, 5) is 10.5. The molecule has 0 N–H and O–H groups in total. The lowest BCUT2D eigenvalue weighted by Gasteiger charge is -2.30. The number of rotatable bonds is 12. The molecule has 0 fully saturated rings. The molecule has 5 aliphatic rings. The van der Waals surface area contributed by atoms with Crippen LogP contribution in [0.4, 0.5) is 0 Å². The highest BCUT2D eigenvalue weighted by Gasteiger charge is 2.27. The van der Waals surface area contributed by atoms with Crippen molar-refractivity contribution in [1.29, 1.82) is 0 Å². The van der Waals surface area contributed by atoms with Crippen LogP contribution in [0.1, 0.15) is 80.5 Å². The first-order valence-electron chi connectivity index (χ1n) is 23.1. The Kier molecular flexibility index (Phi) is 13.0. The van der Waals surface area contributed by atoms with Crippen LogP contribution in [0.3, 0.4) is 0 Å². The summed E-state index contributed by atoms with van der Waals surface area (Å²) in [5.41, 5.74) is 18.9. The van der Waals surface area contributed by atoms with E-state index in [0.717, 1.165) is 77.8 Å². The predicted octanol–water partition coefficient (Wildman–Crippen LogP) is 16.1. The van der Waals surface area contributed by atoms with E-state index in [2.05, 4.69) is 215 Å². The van der Waals surface area contributed by atoms with Gasteiger partial charge in [-0.15, -0.1) is 0 Å². The molecule has 0 saturated carbocycles. The average molecular weight is 831 g/mol. The molecule has 4 atom stereocenters. The van der Waals surface area contributed by atoms with Gasteiger partial charge >= 0.3 is 0 Å². The largest absolute Gasteiger partial charge is 0.265 e. The molecule has 4 aromatic rings. The van der Waals surface area contributed by atoms with Crippen LogP contribution in [-0.4, -0.2) is 11.9 Å². The Labute approximate surface area is 381 Å². The number of benzene rings is 4. The average Bonchev–Trinajstić information content (AvgIpc) is 3.36. The van der Waals surface area contributed by atoms with Crippen LogP contribution in [0, 0.1) is 17.8 Å². The van der Waals surface area contributed by atoms with Gasteiger partial charge in [-0.2, -0.15) is 0 Å². The van der Waals surface area contributed by atoms with Gasteiger partial charge in [-0.3, -0.25) is 9.98 Å². The lowest BCUT2D eigenvalue weighted by molar-refractivity contribution is 0.591. The molecule has 316 valence electrons. The van der Waals surface area contributed by atoms with Crippen LogP contribution in [0.5, 0.6) is 0 Å². The first-order chi connectivity index (χ1) is 31.4. The molecule has 4 aromatic carbocycles. The maximum Gasteiger partial charge on any atom is 0.0711 e. The molecule has 0 amide bonds. The summed E-state index contributed by atoms with van der Waals surface area (Å²) in [6.45, 7) is 13.2. The molecule has 9 rings (SSSR count). The van der Waals surface area contributed by atoms with Crippen LogP contribution < -0.4 is 0 Å². The molecule has 4 unspecified atom stereocenters. The number of allylic oxidation sites excluding steroid dienone is 20. The van der Waals surface area contributed by atoms with E-state index in [9.17, 15) is 0 Å². The van der Waals surface area contributed by atoms with E-state index >= 15 is 0 Å². The maximum atomic E-state index is 5.37. The standard InChI is InChI=1S/C62H58N2/c1-5-15-58(52-33-27-49(28-34-52)47-17-8-6-9-18-47)44(3)40-61(54-36-29-50(30-37-54)48-19-10-7-11-20-48)64-45(4)46-25-31-53(32-26-46)59-24-14-39-63-62(59)57-23-13-22-55(41-57)56-38-35-51-21-12-16-43(2)60(51)42-56/h5-13,15,17-22,25-27,29-41,43,49,56-57H,1,3,14,16,23-24,28,42H2,2,4H3/b58-15-,61-40-,64-45+. The first kappa shape index (κ1) is 42.4. The fourth-order valence-corrected chi connectivity index (χ4v) is 9.82. The summed E-state index contributed by atoms with van der Waals surface area (Å²) in [5, 5.41) is 0. The van der Waals surface area contributed by atoms with E-state index < -0.39 is 0 Å². The molecule has 64 heavy (non-hydrogen) atoms. The van der Waals surface area contributed by atoms with Crippen molar-refractivity contribution >= 4 is 23.2 Å². The van der Waals surface area contributed by atoms with Crippen LogP contribution in [0.25, 0.3) is 22.4 Å². The summed E-state index contributed by atoms with van der Waals surface area (Å²) in [6, 6.07) is 38.9. The topological polar surface area (TPSA) is 24.7 Å². The van der Waals surface area contributed by atoms with Gasteiger partial charge in [0.05, 0.1) is 11.4 Å². The molecule has 1 heterocycles. The third-order valence-electron chi connectivity index (χ3n) is 13.4. The van der Waals surface area contributed by atoms with Gasteiger partial charge in [-0.05, 0) is 119 Å². The molecule has 0 bridgehead atoms. The van der Waals surface area contributed by atoms with E-state index in [1.54, 1.807) is 5.57 Å². The Bertz CT molecular complexity index is 2780. The fraction of sp³-hybridized carbons (Fsp3) is 0.194. The molecule has 1 aliphatic heterocycles. The number of nitrogens with zero attached hydrogens (tertiary/aromatic N) is 2. The highest BCUT2D eigenvalue weighted by atomic mass is 14.8. The fourth-order valence-electron chi connectivity index (χ4n) is 9.82. The molecule has 2 nitrogen and oxygen atoms in total. The third-order valence-corrected chi connectivity index (χ3v) is 13.4. The van der Waals surface area contributed by atoms with E-state index in [1.165, 1.54) is 44.7 Å². The molecular formula is C62H58N2. The highest BCUT2D eigenvalue weighted by molar-refractivity contribution is 6.02. The summed E-state index contributed by atoms with van der Waals surface area (Å²) in [5.74, 6) is 1.65. The predicted molar refractivity (Wildman–Crippen MR) is 274 cm³/mol. The van der Waals surface area contributed by atoms with Crippen molar-refractivity contribution < 1.29 is 0 Å². The monoisotopic (exact) mass is 830 g/mol. The number of hydrogen-bond donors (Lipinski definition) is 0. The zero-order chi connectivity index (χ0) is 43.8. The van der Waals surface area contributed by atoms with E-state index in [4.69, 9.17) is 9.98 Å². The van der Waals surface area contributed by atoms with Crippen molar-refractivity contribution in [1.82, 2.24) is 0 Å². The van der Waals surface area contributed by atoms with Crippen molar-refractivity contribution in [3.05, 3.63) is 263 Å². The molecule has 0 spiro atoms. The van der Waals surface area contributed by atoms with Crippen molar-refractivity contribution in [3.63, 3.8) is 0 Å².